The van der Waals surface area contributed by atoms with E-state index in [1.807, 2.05) is 36.4 Å². The molecule has 5 nitrogen and oxygen atoms in total. The number of nitrogens with one attached hydrogen (secondary N) is 1. The molecule has 1 aliphatic rings. The SMILES string of the molecule is CCOP(=O)(Nc1ccc2c(c1)C(O)c1ccccc1-2)OCC. The molecule has 122 valence electrons. The van der Waals surface area contributed by atoms with E-state index in [0.717, 1.165) is 22.3 Å². The topological polar surface area (TPSA) is 67.8 Å². The predicted octanol–water partition coefficient (Wildman–Crippen LogP) is 4.34. The van der Waals surface area contributed by atoms with Crippen molar-refractivity contribution in [3.8, 4) is 11.1 Å². The molecule has 0 radical (unpaired) electrons. The van der Waals surface area contributed by atoms with Crippen LogP contribution in [-0.2, 0) is 13.6 Å². The molecule has 2 N–H and O–H groups in total. The lowest BCUT2D eigenvalue weighted by Gasteiger charge is -2.19. The molecule has 0 aromatic heterocycles. The van der Waals surface area contributed by atoms with Gasteiger partial charge in [0.25, 0.3) is 0 Å². The second-order valence-electron chi connectivity index (χ2n) is 5.24. The molecule has 1 unspecified atom stereocenters. The Kier molecular flexibility index (Phi) is 4.55. The third-order valence-corrected chi connectivity index (χ3v) is 5.48. The van der Waals surface area contributed by atoms with E-state index < -0.39 is 13.9 Å². The van der Waals surface area contributed by atoms with Crippen molar-refractivity contribution in [3.63, 3.8) is 0 Å². The molecule has 3 rings (SSSR count). The summed E-state index contributed by atoms with van der Waals surface area (Å²) in [6, 6.07) is 13.3. The van der Waals surface area contributed by atoms with Gasteiger partial charge in [0.05, 0.1) is 13.2 Å². The summed E-state index contributed by atoms with van der Waals surface area (Å²) in [5, 5.41) is 13.3. The van der Waals surface area contributed by atoms with E-state index in [1.165, 1.54) is 0 Å². The molecular weight excluding hydrogens is 313 g/mol. The number of aliphatic hydroxyl groups excluding tert-OH is 1. The monoisotopic (exact) mass is 333 g/mol. The Balaban J connectivity index is 1.92. The van der Waals surface area contributed by atoms with E-state index in [-0.39, 0.29) is 13.2 Å². The maximum atomic E-state index is 12.6. The number of aliphatic hydroxyl groups is 1. The Hall–Kier alpha value is -1.65. The fourth-order valence-corrected chi connectivity index (χ4v) is 4.19. The van der Waals surface area contributed by atoms with E-state index in [1.54, 1.807) is 19.9 Å². The van der Waals surface area contributed by atoms with Gasteiger partial charge in [-0.15, -0.1) is 0 Å². The van der Waals surface area contributed by atoms with Crippen molar-refractivity contribution >= 4 is 13.4 Å². The highest BCUT2D eigenvalue weighted by Crippen LogP contribution is 2.50. The summed E-state index contributed by atoms with van der Waals surface area (Å²) < 4.78 is 23.0. The summed E-state index contributed by atoms with van der Waals surface area (Å²) in [7, 11) is -3.39. The van der Waals surface area contributed by atoms with Crippen LogP contribution in [0.15, 0.2) is 42.5 Å². The number of fused-ring (bicyclic) bond motifs is 3. The lowest BCUT2D eigenvalue weighted by atomic mass is 10.1. The first-order valence-corrected chi connectivity index (χ1v) is 9.21. The number of anilines is 1. The van der Waals surface area contributed by atoms with Crippen molar-refractivity contribution < 1.29 is 18.7 Å². The molecule has 6 heteroatoms. The molecule has 0 amide bonds. The van der Waals surface area contributed by atoms with Gasteiger partial charge in [0.2, 0.25) is 0 Å². The number of rotatable bonds is 6. The van der Waals surface area contributed by atoms with E-state index in [4.69, 9.17) is 9.05 Å². The first kappa shape index (κ1) is 16.2. The van der Waals surface area contributed by atoms with Crippen molar-refractivity contribution in [1.29, 1.82) is 0 Å². The van der Waals surface area contributed by atoms with Crippen molar-refractivity contribution in [1.82, 2.24) is 0 Å². The predicted molar refractivity (Wildman–Crippen MR) is 90.4 cm³/mol. The Bertz CT molecular complexity index is 752. The quantitative estimate of drug-likeness (QED) is 0.770. The minimum atomic E-state index is -3.39. The van der Waals surface area contributed by atoms with Gasteiger partial charge in [0.1, 0.15) is 6.10 Å². The molecule has 1 atom stereocenters. The van der Waals surface area contributed by atoms with Crippen LogP contribution in [0.25, 0.3) is 11.1 Å². The fraction of sp³-hybridized carbons (Fsp3) is 0.294. The number of hydrogen-bond donors (Lipinski definition) is 2. The summed E-state index contributed by atoms with van der Waals surface area (Å²) in [5.41, 5.74) is 4.29. The molecule has 2 aromatic rings. The van der Waals surface area contributed by atoms with Crippen LogP contribution >= 0.6 is 7.75 Å². The Morgan fingerprint density at radius 2 is 1.70 bits per heavy atom. The zero-order valence-corrected chi connectivity index (χ0v) is 14.0. The van der Waals surface area contributed by atoms with Gasteiger partial charge < -0.3 is 5.11 Å². The molecule has 0 bridgehead atoms. The van der Waals surface area contributed by atoms with Crippen molar-refractivity contribution in [2.75, 3.05) is 18.3 Å². The van der Waals surface area contributed by atoms with Gasteiger partial charge >= 0.3 is 7.75 Å². The summed E-state index contributed by atoms with van der Waals surface area (Å²) in [6.07, 6.45) is -0.679. The van der Waals surface area contributed by atoms with Gasteiger partial charge in [-0.05, 0) is 48.2 Å². The zero-order chi connectivity index (χ0) is 16.4. The van der Waals surface area contributed by atoms with Crippen LogP contribution in [-0.4, -0.2) is 18.3 Å². The average Bonchev–Trinajstić information content (AvgIpc) is 2.81. The molecule has 23 heavy (non-hydrogen) atoms. The van der Waals surface area contributed by atoms with Crippen LogP contribution in [0.5, 0.6) is 0 Å². The maximum Gasteiger partial charge on any atom is 0.432 e. The van der Waals surface area contributed by atoms with E-state index in [2.05, 4.69) is 5.09 Å². The Labute approximate surface area is 135 Å². The maximum absolute atomic E-state index is 12.6. The molecule has 0 saturated carbocycles. The first-order valence-electron chi connectivity index (χ1n) is 7.66. The Morgan fingerprint density at radius 1 is 1.04 bits per heavy atom. The van der Waals surface area contributed by atoms with Crippen LogP contribution in [0.2, 0.25) is 0 Å². The van der Waals surface area contributed by atoms with E-state index in [0.29, 0.717) is 5.69 Å². The smallest absolute Gasteiger partial charge is 0.384 e. The molecule has 0 aliphatic heterocycles. The average molecular weight is 333 g/mol. The van der Waals surface area contributed by atoms with Gasteiger partial charge in [-0.25, -0.2) is 4.57 Å². The highest BCUT2D eigenvalue weighted by atomic mass is 31.2. The first-order chi connectivity index (χ1) is 11.1. The molecule has 1 aliphatic carbocycles. The number of hydrogen-bond acceptors (Lipinski definition) is 4. The summed E-state index contributed by atoms with van der Waals surface area (Å²) in [5.74, 6) is 0. The van der Waals surface area contributed by atoms with Gasteiger partial charge in [-0.3, -0.25) is 14.1 Å². The van der Waals surface area contributed by atoms with Gasteiger partial charge in [0, 0.05) is 5.69 Å². The van der Waals surface area contributed by atoms with Crippen LogP contribution in [0.4, 0.5) is 5.69 Å². The zero-order valence-electron chi connectivity index (χ0n) is 13.2. The lowest BCUT2D eigenvalue weighted by molar-refractivity contribution is 0.223. The van der Waals surface area contributed by atoms with E-state index >= 15 is 0 Å². The van der Waals surface area contributed by atoms with Crippen LogP contribution in [0.3, 0.4) is 0 Å². The molecule has 0 spiro atoms. The van der Waals surface area contributed by atoms with Crippen LogP contribution < -0.4 is 5.09 Å². The second-order valence-corrected chi connectivity index (χ2v) is 6.97. The summed E-state index contributed by atoms with van der Waals surface area (Å²) in [4.78, 5) is 0. The molecule has 2 aromatic carbocycles. The largest absolute Gasteiger partial charge is 0.432 e. The molecule has 0 heterocycles. The summed E-state index contributed by atoms with van der Waals surface area (Å²) >= 11 is 0. The third kappa shape index (κ3) is 3.06. The van der Waals surface area contributed by atoms with Crippen molar-refractivity contribution in [2.24, 2.45) is 0 Å². The minimum Gasteiger partial charge on any atom is -0.384 e. The molecule has 0 saturated heterocycles. The molecule has 0 fully saturated rings. The summed E-state index contributed by atoms with van der Waals surface area (Å²) in [6.45, 7) is 4.08. The van der Waals surface area contributed by atoms with Crippen LogP contribution in [0.1, 0.15) is 31.1 Å². The van der Waals surface area contributed by atoms with Gasteiger partial charge in [0.15, 0.2) is 0 Å². The lowest BCUT2D eigenvalue weighted by Crippen LogP contribution is -2.05. The van der Waals surface area contributed by atoms with Crippen LogP contribution in [0, 0.1) is 0 Å². The number of benzene rings is 2. The van der Waals surface area contributed by atoms with Gasteiger partial charge in [-0.1, -0.05) is 30.3 Å². The highest BCUT2D eigenvalue weighted by molar-refractivity contribution is 7.55. The van der Waals surface area contributed by atoms with Crippen molar-refractivity contribution in [2.45, 2.75) is 20.0 Å². The minimum absolute atomic E-state index is 0.281. The van der Waals surface area contributed by atoms with E-state index in [9.17, 15) is 9.67 Å². The van der Waals surface area contributed by atoms with Gasteiger partial charge in [-0.2, -0.15) is 0 Å². The normalized spacial score (nSPS) is 16.0. The Morgan fingerprint density at radius 3 is 2.39 bits per heavy atom. The third-order valence-electron chi connectivity index (χ3n) is 3.76. The van der Waals surface area contributed by atoms with Crippen molar-refractivity contribution in [3.05, 3.63) is 53.6 Å². The standard InChI is InChI=1S/C17H20NO4P/c1-3-21-23(20,22-4-2)18-12-9-10-14-13-7-5-6-8-15(13)17(19)16(14)11-12/h5-11,17,19H,3-4H2,1-2H3,(H,18,20). The second kappa shape index (κ2) is 6.46. The molecular formula is C17H20NO4P. The highest BCUT2D eigenvalue weighted by Gasteiger charge is 2.29. The fourth-order valence-electron chi connectivity index (χ4n) is 2.85.